The summed E-state index contributed by atoms with van der Waals surface area (Å²) in [6.07, 6.45) is -0.366. The minimum atomic E-state index is -1.18. The summed E-state index contributed by atoms with van der Waals surface area (Å²) >= 11 is 0. The molecule has 0 aliphatic rings. The monoisotopic (exact) mass is 320 g/mol. The van der Waals surface area contributed by atoms with Crippen molar-refractivity contribution in [3.05, 3.63) is 0 Å². The van der Waals surface area contributed by atoms with Gasteiger partial charge in [-0.3, -0.25) is 24.1 Å². The van der Waals surface area contributed by atoms with E-state index < -0.39 is 37.0 Å². The number of carbonyl (C=O) groups is 4. The van der Waals surface area contributed by atoms with Gasteiger partial charge in [0.05, 0.1) is 25.9 Å². The van der Waals surface area contributed by atoms with Crippen molar-refractivity contribution in [2.24, 2.45) is 0 Å². The molecule has 126 valence electrons. The quantitative estimate of drug-likeness (QED) is 0.322. The number of hydrogen-bond acceptors (Lipinski definition) is 6. The lowest BCUT2D eigenvalue weighted by atomic mass is 10.3. The van der Waals surface area contributed by atoms with Crippen LogP contribution in [0.4, 0.5) is 0 Å². The van der Waals surface area contributed by atoms with E-state index in [1.54, 1.807) is 4.90 Å². The van der Waals surface area contributed by atoms with Gasteiger partial charge in [-0.15, -0.1) is 0 Å². The second kappa shape index (κ2) is 10.5. The largest absolute Gasteiger partial charge is 0.481 e. The average molecular weight is 320 g/mol. The van der Waals surface area contributed by atoms with E-state index in [1.165, 1.54) is 4.90 Å². The molecular formula is C12H20N2O8. The van der Waals surface area contributed by atoms with Crippen LogP contribution in [0.15, 0.2) is 0 Å². The second-order valence-corrected chi connectivity index (χ2v) is 4.63. The third-order valence-electron chi connectivity index (χ3n) is 2.73. The van der Waals surface area contributed by atoms with Gasteiger partial charge in [0.25, 0.3) is 0 Å². The molecule has 22 heavy (non-hydrogen) atoms. The van der Waals surface area contributed by atoms with Crippen LogP contribution < -0.4 is 0 Å². The highest BCUT2D eigenvalue weighted by molar-refractivity contribution is 5.72. The van der Waals surface area contributed by atoms with Crippen molar-refractivity contribution < 1.29 is 39.6 Å². The van der Waals surface area contributed by atoms with Crippen molar-refractivity contribution in [1.82, 2.24) is 9.80 Å². The van der Waals surface area contributed by atoms with E-state index in [4.69, 9.17) is 20.4 Å². The Balaban J connectivity index is 4.50. The van der Waals surface area contributed by atoms with Gasteiger partial charge in [0.1, 0.15) is 0 Å². The fourth-order valence-electron chi connectivity index (χ4n) is 1.72. The molecule has 0 aromatic carbocycles. The summed E-state index contributed by atoms with van der Waals surface area (Å²) in [6, 6.07) is 0. The summed E-state index contributed by atoms with van der Waals surface area (Å²) in [5, 5.41) is 34.7. The molecule has 0 spiro atoms. The fourth-order valence-corrected chi connectivity index (χ4v) is 1.72. The molecule has 0 unspecified atom stereocenters. The van der Waals surface area contributed by atoms with Gasteiger partial charge in [-0.2, -0.15) is 0 Å². The lowest BCUT2D eigenvalue weighted by molar-refractivity contribution is -0.142. The Morgan fingerprint density at radius 2 is 0.909 bits per heavy atom. The third-order valence-corrected chi connectivity index (χ3v) is 2.73. The fraction of sp³-hybridized carbons (Fsp3) is 0.667. The Labute approximate surface area is 126 Å². The number of nitrogens with zero attached hydrogens (tertiary/aromatic N) is 2. The van der Waals surface area contributed by atoms with Crippen molar-refractivity contribution in [1.29, 1.82) is 0 Å². The van der Waals surface area contributed by atoms with Crippen LogP contribution in [0.5, 0.6) is 0 Å². The summed E-state index contributed by atoms with van der Waals surface area (Å²) in [7, 11) is 0. The molecule has 4 N–H and O–H groups in total. The number of rotatable bonds is 13. The maximum absolute atomic E-state index is 10.7. The van der Waals surface area contributed by atoms with Crippen molar-refractivity contribution in [3.63, 3.8) is 0 Å². The van der Waals surface area contributed by atoms with Gasteiger partial charge in [0.15, 0.2) is 0 Å². The van der Waals surface area contributed by atoms with Crippen LogP contribution in [0.25, 0.3) is 0 Å². The van der Waals surface area contributed by atoms with Crippen LogP contribution in [-0.2, 0) is 19.2 Å². The van der Waals surface area contributed by atoms with Crippen LogP contribution >= 0.6 is 0 Å². The normalized spacial score (nSPS) is 10.8. The first-order valence-corrected chi connectivity index (χ1v) is 6.52. The molecule has 10 heteroatoms. The minimum Gasteiger partial charge on any atom is -0.481 e. The maximum atomic E-state index is 10.7. The van der Waals surface area contributed by atoms with E-state index in [2.05, 4.69) is 0 Å². The average Bonchev–Trinajstić information content (AvgIpc) is 2.35. The van der Waals surface area contributed by atoms with E-state index in [0.717, 1.165) is 0 Å². The smallest absolute Gasteiger partial charge is 0.317 e. The molecule has 0 fully saturated rings. The highest BCUT2D eigenvalue weighted by Gasteiger charge is 2.16. The van der Waals surface area contributed by atoms with Gasteiger partial charge in [-0.25, -0.2) is 0 Å². The highest BCUT2D eigenvalue weighted by Crippen LogP contribution is 1.98. The SMILES string of the molecule is O=C(O)CCN(CCC(=O)O)CCN(CC(=O)O)CC(=O)O. The Morgan fingerprint density at radius 1 is 0.545 bits per heavy atom. The Morgan fingerprint density at radius 3 is 1.23 bits per heavy atom. The van der Waals surface area contributed by atoms with Gasteiger partial charge in [-0.1, -0.05) is 0 Å². The topological polar surface area (TPSA) is 156 Å². The summed E-state index contributed by atoms with van der Waals surface area (Å²) < 4.78 is 0. The minimum absolute atomic E-state index is 0.0812. The lowest BCUT2D eigenvalue weighted by Crippen LogP contribution is -2.41. The number of carboxylic acids is 4. The van der Waals surface area contributed by atoms with Crippen LogP contribution in [0.3, 0.4) is 0 Å². The molecule has 0 saturated carbocycles. The summed E-state index contributed by atoms with van der Waals surface area (Å²) in [5.41, 5.74) is 0. The van der Waals surface area contributed by atoms with Crippen LogP contribution in [0.2, 0.25) is 0 Å². The van der Waals surface area contributed by atoms with Crippen molar-refractivity contribution in [2.75, 3.05) is 39.3 Å². The Kier molecular flexibility index (Phi) is 9.46. The first-order valence-electron chi connectivity index (χ1n) is 6.52. The molecule has 0 aromatic rings. The molecule has 0 heterocycles. The molecule has 0 aliphatic carbocycles. The molecule has 0 aromatic heterocycles. The molecule has 0 saturated heterocycles. The molecule has 0 aliphatic heterocycles. The molecule has 0 radical (unpaired) electrons. The molecule has 10 nitrogen and oxygen atoms in total. The van der Waals surface area contributed by atoms with E-state index in [9.17, 15) is 19.2 Å². The van der Waals surface area contributed by atoms with Gasteiger partial charge >= 0.3 is 23.9 Å². The van der Waals surface area contributed by atoms with Gasteiger partial charge in [0, 0.05) is 26.2 Å². The zero-order chi connectivity index (χ0) is 17.1. The number of aliphatic carboxylic acids is 4. The standard InChI is InChI=1S/C12H20N2O8/c15-9(16)1-3-13(4-2-10(17)18)5-6-14(7-11(19)20)8-12(21)22/h1-8H2,(H,15,16)(H,17,18)(H,19,20)(H,21,22). The van der Waals surface area contributed by atoms with Crippen LogP contribution in [0, 0.1) is 0 Å². The van der Waals surface area contributed by atoms with Crippen molar-refractivity contribution >= 4 is 23.9 Å². The zero-order valence-electron chi connectivity index (χ0n) is 12.0. The predicted octanol–water partition coefficient (Wildman–Crippen LogP) is -1.29. The first-order chi connectivity index (χ1) is 10.2. The van der Waals surface area contributed by atoms with Gasteiger partial charge in [-0.05, 0) is 0 Å². The summed E-state index contributed by atoms with van der Waals surface area (Å²) in [4.78, 5) is 45.2. The zero-order valence-corrected chi connectivity index (χ0v) is 12.0. The molecule has 0 bridgehead atoms. The molecule has 0 amide bonds. The number of hydrogen-bond donors (Lipinski definition) is 4. The summed E-state index contributed by atoms with van der Waals surface area (Å²) in [6.45, 7) is -0.442. The van der Waals surface area contributed by atoms with Crippen molar-refractivity contribution in [3.8, 4) is 0 Å². The third kappa shape index (κ3) is 11.6. The molecule has 0 rings (SSSR count). The first kappa shape index (κ1) is 19.8. The number of carboxylic acid groups (broad SMARTS) is 4. The van der Waals surface area contributed by atoms with Crippen LogP contribution in [0.1, 0.15) is 12.8 Å². The Hall–Kier alpha value is -2.20. The molecular weight excluding hydrogens is 300 g/mol. The van der Waals surface area contributed by atoms with Gasteiger partial charge in [0.2, 0.25) is 0 Å². The van der Waals surface area contributed by atoms with Crippen molar-refractivity contribution in [2.45, 2.75) is 12.8 Å². The maximum Gasteiger partial charge on any atom is 0.317 e. The van der Waals surface area contributed by atoms with E-state index in [-0.39, 0.29) is 39.0 Å². The lowest BCUT2D eigenvalue weighted by Gasteiger charge is -2.25. The highest BCUT2D eigenvalue weighted by atomic mass is 16.4. The van der Waals surface area contributed by atoms with E-state index in [0.29, 0.717) is 0 Å². The Bertz CT molecular complexity index is 378. The second-order valence-electron chi connectivity index (χ2n) is 4.63. The predicted molar refractivity (Wildman–Crippen MR) is 72.7 cm³/mol. The van der Waals surface area contributed by atoms with Gasteiger partial charge < -0.3 is 25.3 Å². The van der Waals surface area contributed by atoms with Crippen LogP contribution in [-0.4, -0.2) is 93.4 Å². The summed E-state index contributed by atoms with van der Waals surface area (Å²) in [5.74, 6) is -4.42. The van der Waals surface area contributed by atoms with E-state index in [1.807, 2.05) is 0 Å². The molecule has 0 atom stereocenters. The van der Waals surface area contributed by atoms with E-state index >= 15 is 0 Å².